The monoisotopic (exact) mass is 189 g/mol. The fourth-order valence-electron chi connectivity index (χ4n) is 1.67. The van der Waals surface area contributed by atoms with Crippen molar-refractivity contribution in [3.63, 3.8) is 0 Å². The maximum absolute atomic E-state index is 10.5. The molecule has 0 bridgehead atoms. The number of hydrogen-bond acceptors (Lipinski definition) is 2. The first kappa shape index (κ1) is 10.0. The molecule has 1 saturated heterocycles. The first-order valence-electron chi connectivity index (χ1n) is 4.55. The molecule has 0 aromatic heterocycles. The lowest BCUT2D eigenvalue weighted by Gasteiger charge is -2.28. The van der Waals surface area contributed by atoms with E-state index in [1.165, 1.54) is 25.9 Å². The van der Waals surface area contributed by atoms with Crippen LogP contribution in [-0.2, 0) is 4.79 Å². The van der Waals surface area contributed by atoms with Crippen molar-refractivity contribution in [2.24, 2.45) is 5.92 Å². The van der Waals surface area contributed by atoms with Crippen LogP contribution in [0.2, 0.25) is 0 Å². The Morgan fingerprint density at radius 1 is 1.50 bits per heavy atom. The fraction of sp³-hybridized carbons (Fsp3) is 0.889. The summed E-state index contributed by atoms with van der Waals surface area (Å²) in [5.74, 6) is 0.726. The first-order chi connectivity index (χ1) is 5.68. The lowest BCUT2D eigenvalue weighted by atomic mass is 9.93. The molecule has 12 heavy (non-hydrogen) atoms. The topological polar surface area (TPSA) is 20.3 Å². The zero-order valence-electron chi connectivity index (χ0n) is 7.55. The smallest absolute Gasteiger partial charge is 0.221 e. The largest absolute Gasteiger partial charge is 0.306 e. The van der Waals surface area contributed by atoms with Gasteiger partial charge in [-0.25, -0.2) is 0 Å². The van der Waals surface area contributed by atoms with Crippen molar-refractivity contribution < 1.29 is 4.79 Å². The van der Waals surface area contributed by atoms with E-state index in [1.807, 2.05) is 0 Å². The van der Waals surface area contributed by atoms with Crippen LogP contribution in [0.4, 0.5) is 0 Å². The molecule has 0 amide bonds. The van der Waals surface area contributed by atoms with Crippen LogP contribution in [0.15, 0.2) is 0 Å². The van der Waals surface area contributed by atoms with Gasteiger partial charge in [0.05, 0.1) is 0 Å². The maximum Gasteiger partial charge on any atom is 0.221 e. The van der Waals surface area contributed by atoms with E-state index in [0.717, 1.165) is 12.3 Å². The molecule has 0 radical (unpaired) electrons. The van der Waals surface area contributed by atoms with Crippen LogP contribution in [0, 0.1) is 5.92 Å². The van der Waals surface area contributed by atoms with Crippen LogP contribution >= 0.6 is 11.6 Å². The van der Waals surface area contributed by atoms with E-state index in [2.05, 4.69) is 11.9 Å². The number of rotatable bonds is 3. The molecule has 1 aliphatic rings. The van der Waals surface area contributed by atoms with Crippen molar-refractivity contribution in [1.29, 1.82) is 0 Å². The number of hydrogen-bond donors (Lipinski definition) is 0. The van der Waals surface area contributed by atoms with E-state index in [9.17, 15) is 4.79 Å². The Morgan fingerprint density at radius 2 is 2.08 bits per heavy atom. The zero-order valence-corrected chi connectivity index (χ0v) is 8.31. The van der Waals surface area contributed by atoms with Crippen molar-refractivity contribution in [3.8, 4) is 0 Å². The number of carbonyl (C=O) groups excluding carboxylic acids is 1. The third-order valence-electron chi connectivity index (χ3n) is 2.59. The molecule has 1 aliphatic heterocycles. The Bertz CT molecular complexity index is 153. The fourth-order valence-corrected chi connectivity index (χ4v) is 1.78. The van der Waals surface area contributed by atoms with Gasteiger partial charge in [-0.3, -0.25) is 4.79 Å². The van der Waals surface area contributed by atoms with Crippen LogP contribution in [-0.4, -0.2) is 30.3 Å². The van der Waals surface area contributed by atoms with Crippen molar-refractivity contribution in [2.45, 2.75) is 25.7 Å². The van der Waals surface area contributed by atoms with Gasteiger partial charge >= 0.3 is 0 Å². The summed E-state index contributed by atoms with van der Waals surface area (Å²) >= 11 is 5.28. The van der Waals surface area contributed by atoms with E-state index < -0.39 is 0 Å². The standard InChI is InChI=1S/C9H16ClNO/c1-11-6-4-8(5-7-11)2-3-9(10)12/h8H,2-7H2,1H3. The molecule has 0 aliphatic carbocycles. The molecule has 0 aromatic rings. The maximum atomic E-state index is 10.5. The van der Waals surface area contributed by atoms with Crippen molar-refractivity contribution >= 4 is 16.8 Å². The number of piperidine rings is 1. The van der Waals surface area contributed by atoms with Gasteiger partial charge in [-0.05, 0) is 56.9 Å². The van der Waals surface area contributed by atoms with Crippen LogP contribution in [0.1, 0.15) is 25.7 Å². The summed E-state index contributed by atoms with van der Waals surface area (Å²) in [7, 11) is 2.14. The second-order valence-electron chi connectivity index (χ2n) is 3.64. The molecule has 0 atom stereocenters. The van der Waals surface area contributed by atoms with Crippen LogP contribution < -0.4 is 0 Å². The van der Waals surface area contributed by atoms with E-state index in [0.29, 0.717) is 6.42 Å². The summed E-state index contributed by atoms with van der Waals surface area (Å²) in [6.45, 7) is 2.34. The van der Waals surface area contributed by atoms with Gasteiger partial charge in [-0.1, -0.05) is 0 Å². The average molecular weight is 190 g/mol. The third-order valence-corrected chi connectivity index (χ3v) is 2.78. The SMILES string of the molecule is CN1CCC(CCC(=O)Cl)CC1. The summed E-state index contributed by atoms with van der Waals surface area (Å²) in [6.07, 6.45) is 3.98. The van der Waals surface area contributed by atoms with E-state index >= 15 is 0 Å². The minimum atomic E-state index is -0.186. The van der Waals surface area contributed by atoms with Gasteiger partial charge in [0.15, 0.2) is 0 Å². The molecule has 0 saturated carbocycles. The van der Waals surface area contributed by atoms with Crippen molar-refractivity contribution in [2.75, 3.05) is 20.1 Å². The third kappa shape index (κ3) is 3.55. The number of carbonyl (C=O) groups is 1. The second-order valence-corrected chi connectivity index (χ2v) is 4.06. The van der Waals surface area contributed by atoms with Gasteiger partial charge in [-0.2, -0.15) is 0 Å². The van der Waals surface area contributed by atoms with Gasteiger partial charge in [0.25, 0.3) is 0 Å². The number of likely N-dealkylation sites (tertiary alicyclic amines) is 1. The van der Waals surface area contributed by atoms with Crippen molar-refractivity contribution in [3.05, 3.63) is 0 Å². The van der Waals surface area contributed by atoms with Gasteiger partial charge < -0.3 is 4.90 Å². The number of nitrogens with zero attached hydrogens (tertiary/aromatic N) is 1. The molecule has 70 valence electrons. The highest BCUT2D eigenvalue weighted by atomic mass is 35.5. The van der Waals surface area contributed by atoms with E-state index in [4.69, 9.17) is 11.6 Å². The van der Waals surface area contributed by atoms with Gasteiger partial charge in [0.1, 0.15) is 0 Å². The molecule has 0 spiro atoms. The summed E-state index contributed by atoms with van der Waals surface area (Å²) < 4.78 is 0. The van der Waals surface area contributed by atoms with Crippen LogP contribution in [0.5, 0.6) is 0 Å². The van der Waals surface area contributed by atoms with E-state index in [1.54, 1.807) is 0 Å². The molecule has 0 N–H and O–H groups in total. The van der Waals surface area contributed by atoms with Crippen LogP contribution in [0.3, 0.4) is 0 Å². The molecule has 1 heterocycles. The quantitative estimate of drug-likeness (QED) is 0.632. The lowest BCUT2D eigenvalue weighted by Crippen LogP contribution is -2.30. The Hall–Kier alpha value is -0.0800. The molecule has 0 unspecified atom stereocenters. The molecular formula is C9H16ClNO. The normalized spacial score (nSPS) is 21.2. The van der Waals surface area contributed by atoms with Gasteiger partial charge in [0, 0.05) is 6.42 Å². The predicted octanol–water partition coefficient (Wildman–Crippen LogP) is 1.87. The zero-order chi connectivity index (χ0) is 8.97. The van der Waals surface area contributed by atoms with E-state index in [-0.39, 0.29) is 5.24 Å². The Kier molecular flexibility index (Phi) is 4.02. The minimum absolute atomic E-state index is 0.186. The highest BCUT2D eigenvalue weighted by Gasteiger charge is 2.16. The van der Waals surface area contributed by atoms with Gasteiger partial charge in [0.2, 0.25) is 5.24 Å². The molecule has 3 heteroatoms. The molecule has 1 fully saturated rings. The Morgan fingerprint density at radius 3 is 2.58 bits per heavy atom. The minimum Gasteiger partial charge on any atom is -0.306 e. The molecule has 1 rings (SSSR count). The summed E-state index contributed by atoms with van der Waals surface area (Å²) in [5.41, 5.74) is 0. The predicted molar refractivity (Wildman–Crippen MR) is 50.3 cm³/mol. The summed E-state index contributed by atoms with van der Waals surface area (Å²) in [4.78, 5) is 12.8. The highest BCUT2D eigenvalue weighted by Crippen LogP contribution is 2.21. The lowest BCUT2D eigenvalue weighted by molar-refractivity contribution is -0.112. The average Bonchev–Trinajstić information content (AvgIpc) is 2.03. The molecule has 0 aromatic carbocycles. The highest BCUT2D eigenvalue weighted by molar-refractivity contribution is 6.63. The van der Waals surface area contributed by atoms with Crippen molar-refractivity contribution in [1.82, 2.24) is 4.90 Å². The first-order valence-corrected chi connectivity index (χ1v) is 4.93. The number of halogens is 1. The second kappa shape index (κ2) is 4.83. The Balaban J connectivity index is 2.13. The molecule has 2 nitrogen and oxygen atoms in total. The summed E-state index contributed by atoms with van der Waals surface area (Å²) in [5, 5.41) is -0.186. The Labute approximate surface area is 78.9 Å². The van der Waals surface area contributed by atoms with Gasteiger partial charge in [-0.15, -0.1) is 0 Å². The summed E-state index contributed by atoms with van der Waals surface area (Å²) in [6, 6.07) is 0. The van der Waals surface area contributed by atoms with Crippen LogP contribution in [0.25, 0.3) is 0 Å². The molecular weight excluding hydrogens is 174 g/mol.